The Balaban J connectivity index is 1.27. The number of benzene rings is 2. The summed E-state index contributed by atoms with van der Waals surface area (Å²) < 4.78 is 56.8. The zero-order chi connectivity index (χ0) is 24.0. The van der Waals surface area contributed by atoms with Crippen LogP contribution < -0.4 is 5.32 Å². The molecular weight excluding hydrogens is 523 g/mol. The molecular formula is C21H18F2N4O3S4. The number of thiazole rings is 2. The third-order valence-corrected chi connectivity index (χ3v) is 10.8. The molecule has 2 aromatic heterocycles. The van der Waals surface area contributed by atoms with Crippen LogP contribution in [0.2, 0.25) is 0 Å². The lowest BCUT2D eigenvalue weighted by molar-refractivity contribution is -0.120. The molecule has 2 aromatic carbocycles. The van der Waals surface area contributed by atoms with Gasteiger partial charge in [0.05, 0.1) is 20.4 Å². The number of piperidine rings is 1. The maximum Gasteiger partial charge on any atom is 0.245 e. The molecule has 178 valence electrons. The summed E-state index contributed by atoms with van der Waals surface area (Å²) in [4.78, 5) is 21.4. The largest absolute Gasteiger partial charge is 0.302 e. The maximum atomic E-state index is 14.0. The van der Waals surface area contributed by atoms with Crippen LogP contribution in [0.3, 0.4) is 0 Å². The SMILES string of the molecule is CSc1nc2ccc3nc(NC(=O)C4CCN(S(=O)(=O)c5ccc(F)cc5F)CC4)sc3c2s1. The first kappa shape index (κ1) is 23.5. The van der Waals surface area contributed by atoms with Crippen LogP contribution in [0, 0.1) is 17.6 Å². The number of sulfonamides is 1. The van der Waals surface area contributed by atoms with E-state index in [4.69, 9.17) is 0 Å². The summed E-state index contributed by atoms with van der Waals surface area (Å²) in [5.41, 5.74) is 1.68. The van der Waals surface area contributed by atoms with Gasteiger partial charge in [-0.3, -0.25) is 4.79 Å². The van der Waals surface area contributed by atoms with Crippen molar-refractivity contribution < 1.29 is 22.0 Å². The topological polar surface area (TPSA) is 92.3 Å². The van der Waals surface area contributed by atoms with Crippen molar-refractivity contribution in [2.45, 2.75) is 22.1 Å². The van der Waals surface area contributed by atoms with E-state index in [1.807, 2.05) is 18.4 Å². The first-order valence-corrected chi connectivity index (χ1v) is 14.6. The summed E-state index contributed by atoms with van der Waals surface area (Å²) in [5.74, 6) is -2.60. The maximum absolute atomic E-state index is 14.0. The van der Waals surface area contributed by atoms with Crippen molar-refractivity contribution in [3.63, 3.8) is 0 Å². The van der Waals surface area contributed by atoms with E-state index in [0.717, 1.165) is 41.2 Å². The van der Waals surface area contributed by atoms with E-state index in [1.165, 1.54) is 11.3 Å². The Hall–Kier alpha value is -2.19. The van der Waals surface area contributed by atoms with Crippen LogP contribution in [-0.4, -0.2) is 47.9 Å². The van der Waals surface area contributed by atoms with E-state index >= 15 is 0 Å². The fourth-order valence-corrected chi connectivity index (χ4v) is 8.06. The summed E-state index contributed by atoms with van der Waals surface area (Å²) in [6.45, 7) is 0.131. The van der Waals surface area contributed by atoms with E-state index in [2.05, 4.69) is 15.3 Å². The predicted molar refractivity (Wildman–Crippen MR) is 131 cm³/mol. The van der Waals surface area contributed by atoms with Crippen LogP contribution in [0.15, 0.2) is 39.6 Å². The molecule has 1 amide bonds. The Morgan fingerprint density at radius 3 is 2.44 bits per heavy atom. The van der Waals surface area contributed by atoms with Crippen molar-refractivity contribution in [3.8, 4) is 0 Å². The molecule has 0 unspecified atom stereocenters. The molecule has 4 aromatic rings. The minimum atomic E-state index is -4.11. The number of nitrogens with zero attached hydrogens (tertiary/aromatic N) is 3. The number of carbonyl (C=O) groups is 1. The van der Waals surface area contributed by atoms with Gasteiger partial charge in [-0.05, 0) is 43.4 Å². The minimum Gasteiger partial charge on any atom is -0.302 e. The Labute approximate surface area is 206 Å². The Morgan fingerprint density at radius 1 is 1.09 bits per heavy atom. The molecule has 1 saturated heterocycles. The van der Waals surface area contributed by atoms with Crippen molar-refractivity contribution in [2.75, 3.05) is 24.7 Å². The lowest BCUT2D eigenvalue weighted by atomic mass is 9.97. The van der Waals surface area contributed by atoms with Gasteiger partial charge in [0.25, 0.3) is 0 Å². The highest BCUT2D eigenvalue weighted by Gasteiger charge is 2.34. The summed E-state index contributed by atoms with van der Waals surface area (Å²) in [5, 5.41) is 3.35. The number of carbonyl (C=O) groups excluding carboxylic acids is 1. The van der Waals surface area contributed by atoms with Crippen LogP contribution in [0.25, 0.3) is 20.4 Å². The molecule has 0 atom stereocenters. The Morgan fingerprint density at radius 2 is 1.76 bits per heavy atom. The molecule has 3 heterocycles. The standard InChI is InChI=1S/C21H18F2N4O3S4/c1-31-21-25-15-4-3-14-17(18(15)33-21)32-20(24-14)26-19(28)11-6-8-27(9-7-11)34(29,30)16-5-2-12(22)10-13(16)23/h2-5,10-11H,6-9H2,1H3,(H,24,26,28). The first-order valence-electron chi connectivity index (χ1n) is 10.3. The van der Waals surface area contributed by atoms with Gasteiger partial charge in [-0.25, -0.2) is 27.2 Å². The molecule has 7 nitrogen and oxygen atoms in total. The molecule has 5 rings (SSSR count). The van der Waals surface area contributed by atoms with Gasteiger partial charge in [-0.1, -0.05) is 23.1 Å². The van der Waals surface area contributed by atoms with Gasteiger partial charge in [0, 0.05) is 25.1 Å². The summed E-state index contributed by atoms with van der Waals surface area (Å²) >= 11 is 4.56. The highest BCUT2D eigenvalue weighted by molar-refractivity contribution is 8.00. The van der Waals surface area contributed by atoms with Crippen LogP contribution in [0.1, 0.15) is 12.8 Å². The van der Waals surface area contributed by atoms with Crippen molar-refractivity contribution in [1.29, 1.82) is 0 Å². The molecule has 1 aliphatic heterocycles. The summed E-state index contributed by atoms with van der Waals surface area (Å²) in [6.07, 6.45) is 2.55. The van der Waals surface area contributed by atoms with Crippen molar-refractivity contribution in [2.24, 2.45) is 5.92 Å². The van der Waals surface area contributed by atoms with Gasteiger partial charge < -0.3 is 5.32 Å². The lowest BCUT2D eigenvalue weighted by Crippen LogP contribution is -2.41. The monoisotopic (exact) mass is 540 g/mol. The molecule has 0 aliphatic carbocycles. The minimum absolute atomic E-state index is 0.0655. The van der Waals surface area contributed by atoms with Crippen LogP contribution >= 0.6 is 34.4 Å². The van der Waals surface area contributed by atoms with Gasteiger partial charge in [0.1, 0.15) is 16.5 Å². The van der Waals surface area contributed by atoms with E-state index in [1.54, 1.807) is 23.1 Å². The van der Waals surface area contributed by atoms with Crippen LogP contribution in [0.5, 0.6) is 0 Å². The van der Waals surface area contributed by atoms with Gasteiger partial charge >= 0.3 is 0 Å². The molecule has 1 aliphatic rings. The third kappa shape index (κ3) is 4.31. The fraction of sp³-hybridized carbons (Fsp3) is 0.286. The number of aromatic nitrogens is 2. The number of amides is 1. The van der Waals surface area contributed by atoms with Gasteiger partial charge in [0.15, 0.2) is 9.47 Å². The third-order valence-electron chi connectivity index (χ3n) is 5.63. The smallest absolute Gasteiger partial charge is 0.245 e. The van der Waals surface area contributed by atoms with E-state index in [9.17, 15) is 22.0 Å². The molecule has 0 saturated carbocycles. The van der Waals surface area contributed by atoms with E-state index in [-0.39, 0.29) is 31.8 Å². The average Bonchev–Trinajstić information content (AvgIpc) is 3.42. The predicted octanol–water partition coefficient (Wildman–Crippen LogP) is 4.95. The van der Waals surface area contributed by atoms with Crippen molar-refractivity contribution >= 4 is 75.9 Å². The highest BCUT2D eigenvalue weighted by Crippen LogP contribution is 2.38. The number of halogens is 2. The molecule has 13 heteroatoms. The van der Waals surface area contributed by atoms with Gasteiger partial charge in [0.2, 0.25) is 15.9 Å². The number of thioether (sulfide) groups is 1. The Kier molecular flexibility index (Phi) is 6.31. The van der Waals surface area contributed by atoms with Gasteiger partial charge in [-0.2, -0.15) is 4.31 Å². The second-order valence-corrected chi connectivity index (χ2v) is 12.7. The zero-order valence-corrected chi connectivity index (χ0v) is 21.0. The second-order valence-electron chi connectivity index (χ2n) is 7.71. The molecule has 1 N–H and O–H groups in total. The summed E-state index contributed by atoms with van der Waals surface area (Å²) in [7, 11) is -4.11. The van der Waals surface area contributed by atoms with E-state index < -0.39 is 32.5 Å². The van der Waals surface area contributed by atoms with Crippen LogP contribution in [-0.2, 0) is 14.8 Å². The van der Waals surface area contributed by atoms with E-state index in [0.29, 0.717) is 11.2 Å². The highest BCUT2D eigenvalue weighted by atomic mass is 32.2. The summed E-state index contributed by atoms with van der Waals surface area (Å²) in [6, 6.07) is 6.18. The Bertz CT molecular complexity index is 1510. The second kappa shape index (κ2) is 9.11. The normalized spacial score (nSPS) is 15.9. The molecule has 0 bridgehead atoms. The fourth-order valence-electron chi connectivity index (χ4n) is 3.88. The number of anilines is 1. The number of nitrogens with one attached hydrogen (secondary N) is 1. The number of hydrogen-bond donors (Lipinski definition) is 1. The molecule has 34 heavy (non-hydrogen) atoms. The van der Waals surface area contributed by atoms with Crippen LogP contribution in [0.4, 0.5) is 13.9 Å². The zero-order valence-electron chi connectivity index (χ0n) is 17.7. The number of rotatable bonds is 5. The lowest BCUT2D eigenvalue weighted by Gasteiger charge is -2.30. The number of fused-ring (bicyclic) bond motifs is 3. The molecule has 0 radical (unpaired) electrons. The molecule has 0 spiro atoms. The molecule has 1 fully saturated rings. The average molecular weight is 541 g/mol. The first-order chi connectivity index (χ1) is 16.3. The number of hydrogen-bond acceptors (Lipinski definition) is 8. The van der Waals surface area contributed by atoms with Crippen molar-refractivity contribution in [3.05, 3.63) is 42.0 Å². The van der Waals surface area contributed by atoms with Gasteiger partial charge in [-0.15, -0.1) is 11.3 Å². The quantitative estimate of drug-likeness (QED) is 0.361. The van der Waals surface area contributed by atoms with Crippen molar-refractivity contribution in [1.82, 2.24) is 14.3 Å².